The van der Waals surface area contributed by atoms with E-state index in [1.807, 2.05) is 0 Å². The Kier molecular flexibility index (Phi) is 3.43. The van der Waals surface area contributed by atoms with Crippen molar-refractivity contribution in [2.45, 2.75) is 71.4 Å². The minimum Gasteiger partial charge on any atom is -0.377 e. The number of hydrogen-bond donors (Lipinski definition) is 2. The van der Waals surface area contributed by atoms with Gasteiger partial charge in [0.15, 0.2) is 0 Å². The molecule has 19 heavy (non-hydrogen) atoms. The molecule has 0 aromatic heterocycles. The van der Waals surface area contributed by atoms with E-state index in [0.717, 1.165) is 18.4 Å². The maximum absolute atomic E-state index is 5.89. The van der Waals surface area contributed by atoms with Crippen LogP contribution in [0.5, 0.6) is 0 Å². The summed E-state index contributed by atoms with van der Waals surface area (Å²) < 4.78 is 5.87. The van der Waals surface area contributed by atoms with Crippen molar-refractivity contribution in [2.75, 3.05) is 6.61 Å². The molecule has 4 saturated carbocycles. The number of nitrogens with one attached hydrogen (secondary N) is 1. The van der Waals surface area contributed by atoms with Gasteiger partial charge in [0.05, 0.1) is 18.8 Å². The lowest BCUT2D eigenvalue weighted by molar-refractivity contribution is -0.130. The quantitative estimate of drug-likeness (QED) is 0.594. The van der Waals surface area contributed by atoms with Gasteiger partial charge in [0.1, 0.15) is 0 Å². The molecule has 4 aliphatic carbocycles. The average Bonchev–Trinajstić information content (AvgIpc) is 2.25. The maximum Gasteiger partial charge on any atom is 0.0642 e. The highest BCUT2D eigenvalue weighted by Crippen LogP contribution is 2.66. The third kappa shape index (κ3) is 2.45. The monoisotopic (exact) mass is 266 g/mol. The maximum atomic E-state index is 5.89. The topological polar surface area (TPSA) is 47.3 Å². The summed E-state index contributed by atoms with van der Waals surface area (Å²) >= 11 is 0. The molecule has 0 aromatic carbocycles. The third-order valence-corrected chi connectivity index (χ3v) is 5.94. The molecule has 0 spiro atoms. The average molecular weight is 266 g/mol. The van der Waals surface area contributed by atoms with Gasteiger partial charge in [0.25, 0.3) is 0 Å². The Balaban J connectivity index is 1.77. The van der Waals surface area contributed by atoms with E-state index in [1.165, 1.54) is 38.5 Å². The number of hydrogen-bond acceptors (Lipinski definition) is 3. The Morgan fingerprint density at radius 1 is 1.21 bits per heavy atom. The van der Waals surface area contributed by atoms with Crippen LogP contribution in [-0.2, 0) is 4.74 Å². The van der Waals surface area contributed by atoms with Crippen molar-refractivity contribution in [3.05, 3.63) is 0 Å². The van der Waals surface area contributed by atoms with Crippen LogP contribution >= 0.6 is 0 Å². The molecule has 110 valence electrons. The second-order valence-corrected chi connectivity index (χ2v) is 8.24. The molecule has 0 saturated heterocycles. The molecular weight excluding hydrogens is 236 g/mol. The SMILES string of the molecule is CC(C)OCC(NN)C12CC3CC(CC(C)(C3)C1)C2. The smallest absolute Gasteiger partial charge is 0.0642 e. The van der Waals surface area contributed by atoms with Crippen LogP contribution in [0.1, 0.15) is 59.3 Å². The first-order chi connectivity index (χ1) is 8.95. The highest BCUT2D eigenvalue weighted by Gasteiger charge is 2.58. The molecule has 3 unspecified atom stereocenters. The fourth-order valence-corrected chi connectivity index (χ4v) is 5.90. The van der Waals surface area contributed by atoms with Crippen molar-refractivity contribution in [3.8, 4) is 0 Å². The molecule has 0 radical (unpaired) electrons. The van der Waals surface area contributed by atoms with Crippen molar-refractivity contribution in [2.24, 2.45) is 28.5 Å². The van der Waals surface area contributed by atoms with E-state index in [-0.39, 0.29) is 0 Å². The highest BCUT2D eigenvalue weighted by molar-refractivity contribution is 5.09. The van der Waals surface area contributed by atoms with Gasteiger partial charge in [-0.05, 0) is 75.0 Å². The van der Waals surface area contributed by atoms with Gasteiger partial charge in [-0.2, -0.15) is 0 Å². The molecule has 3 nitrogen and oxygen atoms in total. The minimum atomic E-state index is 0.292. The molecule has 4 aliphatic rings. The van der Waals surface area contributed by atoms with Crippen molar-refractivity contribution in [1.82, 2.24) is 5.43 Å². The van der Waals surface area contributed by atoms with Crippen LogP contribution in [0.4, 0.5) is 0 Å². The summed E-state index contributed by atoms with van der Waals surface area (Å²) in [4.78, 5) is 0. The van der Waals surface area contributed by atoms with Gasteiger partial charge >= 0.3 is 0 Å². The molecule has 0 amide bonds. The first-order valence-electron chi connectivity index (χ1n) is 8.02. The fourth-order valence-electron chi connectivity index (χ4n) is 5.90. The molecule has 4 bridgehead atoms. The second kappa shape index (κ2) is 4.71. The first-order valence-corrected chi connectivity index (χ1v) is 8.02. The number of hydrazine groups is 1. The van der Waals surface area contributed by atoms with E-state index in [1.54, 1.807) is 0 Å². The molecule has 0 aliphatic heterocycles. The number of nitrogens with two attached hydrogens (primary N) is 1. The van der Waals surface area contributed by atoms with Crippen LogP contribution in [-0.4, -0.2) is 18.8 Å². The lowest BCUT2D eigenvalue weighted by atomic mass is 9.43. The zero-order chi connectivity index (χ0) is 13.7. The van der Waals surface area contributed by atoms with Gasteiger partial charge in [-0.1, -0.05) is 6.92 Å². The van der Waals surface area contributed by atoms with Gasteiger partial charge in [-0.25, -0.2) is 0 Å². The summed E-state index contributed by atoms with van der Waals surface area (Å²) in [6.45, 7) is 7.49. The zero-order valence-corrected chi connectivity index (χ0v) is 12.7. The lowest BCUT2D eigenvalue weighted by Gasteiger charge is -2.63. The third-order valence-electron chi connectivity index (χ3n) is 5.94. The van der Waals surface area contributed by atoms with Crippen LogP contribution in [0.3, 0.4) is 0 Å². The van der Waals surface area contributed by atoms with Crippen molar-refractivity contribution in [3.63, 3.8) is 0 Å². The van der Waals surface area contributed by atoms with Gasteiger partial charge < -0.3 is 4.74 Å². The van der Waals surface area contributed by atoms with Crippen molar-refractivity contribution >= 4 is 0 Å². The molecular formula is C16H30N2O. The molecule has 3 N–H and O–H groups in total. The Bertz CT molecular complexity index is 328. The molecule has 0 heterocycles. The summed E-state index contributed by atoms with van der Waals surface area (Å²) in [6, 6.07) is 0.333. The molecule has 4 fully saturated rings. The highest BCUT2D eigenvalue weighted by atomic mass is 16.5. The Hall–Kier alpha value is -0.120. The fraction of sp³-hybridized carbons (Fsp3) is 1.00. The predicted molar refractivity (Wildman–Crippen MR) is 77.4 cm³/mol. The predicted octanol–water partition coefficient (Wildman–Crippen LogP) is 2.85. The van der Waals surface area contributed by atoms with Crippen LogP contribution in [0.15, 0.2) is 0 Å². The summed E-state index contributed by atoms with van der Waals surface area (Å²) in [5.41, 5.74) is 4.09. The Morgan fingerprint density at radius 3 is 2.32 bits per heavy atom. The second-order valence-electron chi connectivity index (χ2n) is 8.24. The van der Waals surface area contributed by atoms with Gasteiger partial charge in [-0.3, -0.25) is 11.3 Å². The van der Waals surface area contributed by atoms with Crippen LogP contribution in [0, 0.1) is 22.7 Å². The molecule has 3 atom stereocenters. The summed E-state index contributed by atoms with van der Waals surface area (Å²) in [6.07, 6.45) is 8.76. The van der Waals surface area contributed by atoms with Crippen LogP contribution in [0.2, 0.25) is 0 Å². The van der Waals surface area contributed by atoms with Crippen LogP contribution in [0.25, 0.3) is 0 Å². The lowest BCUT2D eigenvalue weighted by Crippen LogP contribution is -2.61. The number of rotatable bonds is 5. The van der Waals surface area contributed by atoms with E-state index in [0.29, 0.717) is 23.0 Å². The van der Waals surface area contributed by atoms with E-state index >= 15 is 0 Å². The van der Waals surface area contributed by atoms with E-state index in [4.69, 9.17) is 10.6 Å². The zero-order valence-electron chi connectivity index (χ0n) is 12.7. The van der Waals surface area contributed by atoms with E-state index in [9.17, 15) is 0 Å². The van der Waals surface area contributed by atoms with Crippen LogP contribution < -0.4 is 11.3 Å². The van der Waals surface area contributed by atoms with Crippen molar-refractivity contribution in [1.29, 1.82) is 0 Å². The normalized spacial score (nSPS) is 45.9. The molecule has 3 heteroatoms. The Morgan fingerprint density at radius 2 is 1.84 bits per heavy atom. The van der Waals surface area contributed by atoms with E-state index in [2.05, 4.69) is 26.2 Å². The summed E-state index contributed by atoms with van der Waals surface area (Å²) in [7, 11) is 0. The molecule has 4 rings (SSSR count). The summed E-state index contributed by atoms with van der Waals surface area (Å²) in [5, 5.41) is 0. The van der Waals surface area contributed by atoms with Crippen molar-refractivity contribution < 1.29 is 4.74 Å². The van der Waals surface area contributed by atoms with Gasteiger partial charge in [-0.15, -0.1) is 0 Å². The standard InChI is InChI=1S/C16H30N2O/c1-11(2)19-9-14(18-17)16-7-12-4-13(8-16)6-15(3,5-12)10-16/h11-14,18H,4-10,17H2,1-3H3. The van der Waals surface area contributed by atoms with E-state index < -0.39 is 0 Å². The van der Waals surface area contributed by atoms with Gasteiger partial charge in [0.2, 0.25) is 0 Å². The summed E-state index contributed by atoms with van der Waals surface area (Å²) in [5.74, 6) is 7.78. The first kappa shape index (κ1) is 13.8. The van der Waals surface area contributed by atoms with Gasteiger partial charge in [0, 0.05) is 0 Å². The largest absolute Gasteiger partial charge is 0.377 e. The Labute approximate surface area is 117 Å². The minimum absolute atomic E-state index is 0.292. The molecule has 0 aromatic rings. The number of ether oxygens (including phenoxy) is 1.